The molecule has 0 saturated carbocycles. The number of piperazine rings is 1. The Bertz CT molecular complexity index is 1150. The van der Waals surface area contributed by atoms with Gasteiger partial charge in [0.2, 0.25) is 0 Å². The van der Waals surface area contributed by atoms with Gasteiger partial charge in [-0.3, -0.25) is 0 Å². The number of rotatable bonds is 6. The summed E-state index contributed by atoms with van der Waals surface area (Å²) in [6.07, 6.45) is 5.48. The van der Waals surface area contributed by atoms with Gasteiger partial charge in [0.1, 0.15) is 5.82 Å². The Balaban J connectivity index is 0.000000215. The summed E-state index contributed by atoms with van der Waals surface area (Å²) in [7, 11) is 2.19. The molecule has 3 aromatic rings. The van der Waals surface area contributed by atoms with Crippen LogP contribution in [0.15, 0.2) is 61.3 Å². The zero-order valence-electron chi connectivity index (χ0n) is 20.2. The molecular weight excluding hydrogens is 447 g/mol. The van der Waals surface area contributed by atoms with Crippen LogP contribution >= 0.6 is 11.6 Å². The van der Waals surface area contributed by atoms with E-state index in [1.54, 1.807) is 24.3 Å². The monoisotopic (exact) mass is 480 g/mol. The molecule has 0 atom stereocenters. The number of benzene rings is 2. The number of aromatic nitrogens is 1. The first-order valence-corrected chi connectivity index (χ1v) is 12.1. The van der Waals surface area contributed by atoms with Crippen molar-refractivity contribution in [2.24, 2.45) is 0 Å². The van der Waals surface area contributed by atoms with Gasteiger partial charge < -0.3 is 15.5 Å². The van der Waals surface area contributed by atoms with Gasteiger partial charge in [0.25, 0.3) is 0 Å². The van der Waals surface area contributed by atoms with Crippen molar-refractivity contribution in [3.8, 4) is 11.3 Å². The molecule has 4 rings (SSSR count). The molecular formula is C28H34ClFN4. The molecule has 0 unspecified atom stereocenters. The van der Waals surface area contributed by atoms with Gasteiger partial charge in [-0.1, -0.05) is 56.3 Å². The Labute approximate surface area is 207 Å². The fourth-order valence-electron chi connectivity index (χ4n) is 3.84. The number of unbranched alkanes of at least 4 members (excludes halogenated alkanes) is 1. The fraction of sp³-hybridized carbons (Fsp3) is 0.321. The Morgan fingerprint density at radius 2 is 1.88 bits per heavy atom. The first kappa shape index (κ1) is 25.7. The third-order valence-corrected chi connectivity index (χ3v) is 6.39. The number of likely N-dealkylation sites (N-methyl/N-ethyl adjacent to an activating group) is 1. The van der Waals surface area contributed by atoms with Gasteiger partial charge in [0.15, 0.2) is 0 Å². The normalized spacial score (nSPS) is 13.9. The molecule has 180 valence electrons. The van der Waals surface area contributed by atoms with Crippen LogP contribution in [0.3, 0.4) is 0 Å². The van der Waals surface area contributed by atoms with Crippen molar-refractivity contribution in [3.63, 3.8) is 0 Å². The highest BCUT2D eigenvalue weighted by Gasteiger charge is 2.14. The van der Waals surface area contributed by atoms with Gasteiger partial charge in [-0.15, -0.1) is 0 Å². The van der Waals surface area contributed by atoms with Gasteiger partial charge in [-0.05, 0) is 55.8 Å². The Hall–Kier alpha value is -2.89. The maximum atomic E-state index is 13.3. The van der Waals surface area contributed by atoms with Crippen LogP contribution in [0.1, 0.15) is 31.7 Å². The molecule has 0 bridgehead atoms. The molecule has 1 aliphatic rings. The lowest BCUT2D eigenvalue weighted by molar-refractivity contribution is 0.182. The van der Waals surface area contributed by atoms with Crippen LogP contribution in [0.25, 0.3) is 28.2 Å². The number of hydrogen-bond donors (Lipinski definition) is 1. The van der Waals surface area contributed by atoms with Gasteiger partial charge in [0.05, 0.1) is 21.9 Å². The maximum Gasteiger partial charge on any atom is 0.146 e. The van der Waals surface area contributed by atoms with Gasteiger partial charge >= 0.3 is 0 Å². The number of allylic oxidation sites excluding steroid dienone is 1. The number of nitrogen functional groups attached to an aromatic ring is 1. The lowest BCUT2D eigenvalue weighted by atomic mass is 10.1. The summed E-state index contributed by atoms with van der Waals surface area (Å²) < 4.78 is 13.3. The number of anilines is 1. The fourth-order valence-corrected chi connectivity index (χ4v) is 4.11. The number of fused-ring (bicyclic) bond motifs is 1. The van der Waals surface area contributed by atoms with E-state index in [-0.39, 0.29) is 5.69 Å². The standard InChI is InChI=1S/C17H12ClFN2.C11H22N2/c1-2-10-3-5-12-13(18)9-16(21-17(12)7-10)11-4-6-14(19)15(20)8-11;1-4-5-6-11(2)13-9-7-12(3)8-10-13/h2-9H,1,20H2;2,4-10H2,1,3H3. The van der Waals surface area contributed by atoms with E-state index in [1.165, 1.54) is 57.2 Å². The van der Waals surface area contributed by atoms with Crippen LogP contribution in [0.5, 0.6) is 0 Å². The molecule has 1 fully saturated rings. The third-order valence-electron chi connectivity index (χ3n) is 6.08. The van der Waals surface area contributed by atoms with Crippen molar-refractivity contribution in [3.05, 3.63) is 77.7 Å². The van der Waals surface area contributed by atoms with Gasteiger partial charge in [-0.25, -0.2) is 9.37 Å². The summed E-state index contributed by atoms with van der Waals surface area (Å²) in [6, 6.07) is 12.0. The van der Waals surface area contributed by atoms with Crippen molar-refractivity contribution >= 4 is 34.3 Å². The minimum Gasteiger partial charge on any atom is -0.396 e. The second-order valence-corrected chi connectivity index (χ2v) is 9.07. The lowest BCUT2D eigenvalue weighted by Crippen LogP contribution is -2.43. The molecule has 0 radical (unpaired) electrons. The largest absolute Gasteiger partial charge is 0.396 e. The smallest absolute Gasteiger partial charge is 0.146 e. The molecule has 0 spiro atoms. The molecule has 2 heterocycles. The highest BCUT2D eigenvalue weighted by Crippen LogP contribution is 2.30. The van der Waals surface area contributed by atoms with Crippen LogP contribution in [0.4, 0.5) is 10.1 Å². The molecule has 0 aliphatic carbocycles. The molecule has 1 aliphatic heterocycles. The van der Waals surface area contributed by atoms with Crippen molar-refractivity contribution in [1.82, 2.24) is 14.8 Å². The number of halogens is 2. The van der Waals surface area contributed by atoms with Crippen molar-refractivity contribution in [1.29, 1.82) is 0 Å². The Morgan fingerprint density at radius 1 is 1.15 bits per heavy atom. The number of nitrogens with zero attached hydrogens (tertiary/aromatic N) is 3. The molecule has 1 aromatic heterocycles. The highest BCUT2D eigenvalue weighted by molar-refractivity contribution is 6.35. The summed E-state index contributed by atoms with van der Waals surface area (Å²) in [5, 5.41) is 1.45. The molecule has 2 N–H and O–H groups in total. The quantitative estimate of drug-likeness (QED) is 0.391. The molecule has 2 aromatic carbocycles. The topological polar surface area (TPSA) is 45.4 Å². The van der Waals surface area contributed by atoms with Crippen LogP contribution in [0.2, 0.25) is 5.02 Å². The zero-order valence-corrected chi connectivity index (χ0v) is 20.9. The van der Waals surface area contributed by atoms with Crippen LogP contribution in [0, 0.1) is 5.82 Å². The lowest BCUT2D eigenvalue weighted by Gasteiger charge is -2.35. The van der Waals surface area contributed by atoms with E-state index in [0.717, 1.165) is 22.0 Å². The van der Waals surface area contributed by atoms with E-state index < -0.39 is 5.82 Å². The highest BCUT2D eigenvalue weighted by atomic mass is 35.5. The molecule has 1 saturated heterocycles. The van der Waals surface area contributed by atoms with Crippen LogP contribution in [-0.2, 0) is 0 Å². The van der Waals surface area contributed by atoms with E-state index >= 15 is 0 Å². The number of pyridine rings is 1. The summed E-state index contributed by atoms with van der Waals surface area (Å²) in [5.74, 6) is -0.445. The average Bonchev–Trinajstić information content (AvgIpc) is 2.84. The first-order chi connectivity index (χ1) is 16.3. The number of hydrogen-bond acceptors (Lipinski definition) is 4. The average molecular weight is 481 g/mol. The van der Waals surface area contributed by atoms with E-state index in [9.17, 15) is 4.39 Å². The van der Waals surface area contributed by atoms with E-state index in [0.29, 0.717) is 10.7 Å². The van der Waals surface area contributed by atoms with Gasteiger partial charge in [0, 0.05) is 42.8 Å². The SMILES string of the molecule is C=C(CCCC)N1CCN(C)CC1.C=Cc1ccc2c(Cl)cc(-c3ccc(F)c(N)c3)nc2c1. The Kier molecular flexibility index (Phi) is 9.08. The van der Waals surface area contributed by atoms with Crippen molar-refractivity contribution < 1.29 is 4.39 Å². The minimum atomic E-state index is -0.445. The van der Waals surface area contributed by atoms with Crippen LogP contribution in [-0.4, -0.2) is 48.0 Å². The number of nitrogens with two attached hydrogens (primary N) is 1. The van der Waals surface area contributed by atoms with E-state index in [2.05, 4.69) is 41.9 Å². The maximum absolute atomic E-state index is 13.3. The molecule has 6 heteroatoms. The molecule has 4 nitrogen and oxygen atoms in total. The summed E-state index contributed by atoms with van der Waals surface area (Å²) in [5.41, 5.74) is 10.1. The second-order valence-electron chi connectivity index (χ2n) is 8.67. The molecule has 34 heavy (non-hydrogen) atoms. The predicted molar refractivity (Wildman–Crippen MR) is 144 cm³/mol. The Morgan fingerprint density at radius 3 is 2.53 bits per heavy atom. The van der Waals surface area contributed by atoms with Crippen LogP contribution < -0.4 is 5.73 Å². The third kappa shape index (κ3) is 6.58. The predicted octanol–water partition coefficient (Wildman–Crippen LogP) is 6.86. The summed E-state index contributed by atoms with van der Waals surface area (Å²) in [4.78, 5) is 9.39. The zero-order chi connectivity index (χ0) is 24.7. The van der Waals surface area contributed by atoms with E-state index in [4.69, 9.17) is 17.3 Å². The van der Waals surface area contributed by atoms with Crippen molar-refractivity contribution in [2.45, 2.75) is 26.2 Å². The minimum absolute atomic E-state index is 0.0883. The van der Waals surface area contributed by atoms with E-state index in [1.807, 2.05) is 18.2 Å². The van der Waals surface area contributed by atoms with Crippen molar-refractivity contribution in [2.75, 3.05) is 39.0 Å². The first-order valence-electron chi connectivity index (χ1n) is 11.7. The van der Waals surface area contributed by atoms with Gasteiger partial charge in [-0.2, -0.15) is 0 Å². The summed E-state index contributed by atoms with van der Waals surface area (Å²) in [6.45, 7) is 14.8. The summed E-state index contributed by atoms with van der Waals surface area (Å²) >= 11 is 6.31. The molecule has 0 amide bonds. The second kappa shape index (κ2) is 12.0.